The van der Waals surface area contributed by atoms with E-state index in [-0.39, 0.29) is 11.4 Å². The van der Waals surface area contributed by atoms with Gasteiger partial charge >= 0.3 is 5.69 Å². The van der Waals surface area contributed by atoms with Gasteiger partial charge in [0.25, 0.3) is 0 Å². The maximum Gasteiger partial charge on any atom is 0.310 e. The summed E-state index contributed by atoms with van der Waals surface area (Å²) in [6.07, 6.45) is -0.555. The van der Waals surface area contributed by atoms with E-state index in [9.17, 15) is 10.1 Å². The van der Waals surface area contributed by atoms with Crippen LogP contribution in [0.4, 0.5) is 5.69 Å². The molecule has 0 spiro atoms. The third kappa shape index (κ3) is 2.41. The van der Waals surface area contributed by atoms with Gasteiger partial charge in [-0.25, -0.2) is 0 Å². The van der Waals surface area contributed by atoms with Crippen LogP contribution in [0, 0.1) is 10.1 Å². The number of benzene rings is 1. The largest absolute Gasteiger partial charge is 0.469 e. The lowest BCUT2D eigenvalue weighted by Crippen LogP contribution is -2.22. The van der Waals surface area contributed by atoms with E-state index in [0.717, 1.165) is 0 Å². The van der Waals surface area contributed by atoms with E-state index in [0.29, 0.717) is 0 Å². The number of nitro groups is 1. The molecule has 0 fully saturated rings. The number of nitrogens with two attached hydrogens (primary N) is 1. The monoisotopic (exact) mass is 182 g/mol. The molecule has 0 heterocycles. The fraction of sp³-hybridized carbons (Fsp3) is 0.250. The van der Waals surface area contributed by atoms with Gasteiger partial charge in [-0.2, -0.15) is 0 Å². The van der Waals surface area contributed by atoms with Crippen molar-refractivity contribution in [2.45, 2.75) is 13.2 Å². The highest BCUT2D eigenvalue weighted by Gasteiger charge is 2.14. The van der Waals surface area contributed by atoms with Crippen molar-refractivity contribution >= 4 is 5.69 Å². The first kappa shape index (κ1) is 9.47. The number of rotatable bonds is 3. The lowest BCUT2D eigenvalue weighted by molar-refractivity contribution is -0.386. The van der Waals surface area contributed by atoms with Gasteiger partial charge in [-0.3, -0.25) is 15.8 Å². The maximum absolute atomic E-state index is 10.5. The third-order valence-corrected chi connectivity index (χ3v) is 1.37. The molecule has 1 atom stereocenters. The summed E-state index contributed by atoms with van der Waals surface area (Å²) in [6, 6.07) is 6.12. The van der Waals surface area contributed by atoms with E-state index >= 15 is 0 Å². The summed E-state index contributed by atoms with van der Waals surface area (Å²) in [5.74, 6) is 0.197. The Hall–Kier alpha value is -1.62. The zero-order valence-corrected chi connectivity index (χ0v) is 7.14. The summed E-state index contributed by atoms with van der Waals surface area (Å²) in [5.41, 5.74) is 5.28. The fourth-order valence-corrected chi connectivity index (χ4v) is 0.908. The Morgan fingerprint density at radius 3 is 2.69 bits per heavy atom. The normalized spacial score (nSPS) is 12.2. The van der Waals surface area contributed by atoms with Crippen LogP contribution in [-0.4, -0.2) is 11.2 Å². The second-order valence-electron chi connectivity index (χ2n) is 2.55. The average Bonchev–Trinajstić information content (AvgIpc) is 2.03. The van der Waals surface area contributed by atoms with Crippen molar-refractivity contribution in [3.8, 4) is 5.75 Å². The van der Waals surface area contributed by atoms with Crippen molar-refractivity contribution < 1.29 is 9.66 Å². The lowest BCUT2D eigenvalue weighted by atomic mass is 10.3. The van der Waals surface area contributed by atoms with E-state index in [4.69, 9.17) is 10.5 Å². The van der Waals surface area contributed by atoms with Crippen molar-refractivity contribution in [1.29, 1.82) is 0 Å². The van der Waals surface area contributed by atoms with Crippen molar-refractivity contribution in [2.24, 2.45) is 5.73 Å². The first-order valence-electron chi connectivity index (χ1n) is 3.77. The predicted octanol–water partition coefficient (Wildman–Crippen LogP) is 1.28. The minimum atomic E-state index is -0.555. The van der Waals surface area contributed by atoms with Crippen LogP contribution < -0.4 is 10.5 Å². The highest BCUT2D eigenvalue weighted by molar-refractivity contribution is 5.45. The third-order valence-electron chi connectivity index (χ3n) is 1.37. The summed E-state index contributed by atoms with van der Waals surface area (Å²) >= 11 is 0. The smallest absolute Gasteiger partial charge is 0.310 e. The molecular weight excluding hydrogens is 172 g/mol. The predicted molar refractivity (Wildman–Crippen MR) is 47.4 cm³/mol. The first-order chi connectivity index (χ1) is 6.11. The molecule has 5 heteroatoms. The van der Waals surface area contributed by atoms with Crippen LogP contribution in [0.15, 0.2) is 24.3 Å². The van der Waals surface area contributed by atoms with E-state index in [1.54, 1.807) is 19.1 Å². The molecule has 0 aliphatic heterocycles. The number of hydrogen-bond acceptors (Lipinski definition) is 4. The van der Waals surface area contributed by atoms with Gasteiger partial charge in [0, 0.05) is 6.07 Å². The maximum atomic E-state index is 10.5. The molecule has 0 aromatic heterocycles. The van der Waals surface area contributed by atoms with Crippen LogP contribution in [0.25, 0.3) is 0 Å². The number of nitro benzene ring substituents is 1. The van der Waals surface area contributed by atoms with Crippen LogP contribution in [0.1, 0.15) is 6.92 Å². The topological polar surface area (TPSA) is 78.4 Å². The molecule has 1 aromatic rings. The van der Waals surface area contributed by atoms with Crippen LogP contribution in [0.5, 0.6) is 5.75 Å². The van der Waals surface area contributed by atoms with Crippen LogP contribution in [-0.2, 0) is 0 Å². The minimum Gasteiger partial charge on any atom is -0.469 e. The Morgan fingerprint density at radius 2 is 2.15 bits per heavy atom. The molecule has 1 unspecified atom stereocenters. The molecule has 0 bridgehead atoms. The zero-order valence-electron chi connectivity index (χ0n) is 7.14. The van der Waals surface area contributed by atoms with Crippen molar-refractivity contribution in [3.05, 3.63) is 34.4 Å². The van der Waals surface area contributed by atoms with E-state index in [1.165, 1.54) is 12.1 Å². The number of hydrogen-bond donors (Lipinski definition) is 1. The number of ether oxygens (including phenoxy) is 1. The summed E-state index contributed by atoms with van der Waals surface area (Å²) in [6.45, 7) is 1.61. The van der Waals surface area contributed by atoms with E-state index in [1.807, 2.05) is 0 Å². The Kier molecular flexibility index (Phi) is 2.81. The molecular formula is C8H10N2O3. The zero-order chi connectivity index (χ0) is 9.84. The molecule has 0 aliphatic rings. The highest BCUT2D eigenvalue weighted by atomic mass is 16.6. The van der Waals surface area contributed by atoms with Crippen molar-refractivity contribution in [2.75, 3.05) is 0 Å². The van der Waals surface area contributed by atoms with Crippen molar-refractivity contribution in [3.63, 3.8) is 0 Å². The molecule has 5 nitrogen and oxygen atoms in total. The van der Waals surface area contributed by atoms with Gasteiger partial charge in [-0.1, -0.05) is 12.1 Å². The summed E-state index contributed by atoms with van der Waals surface area (Å²) in [4.78, 5) is 9.99. The fourth-order valence-electron chi connectivity index (χ4n) is 0.908. The van der Waals surface area contributed by atoms with Crippen LogP contribution >= 0.6 is 0 Å². The molecule has 0 amide bonds. The van der Waals surface area contributed by atoms with Crippen LogP contribution in [0.2, 0.25) is 0 Å². The highest BCUT2D eigenvalue weighted by Crippen LogP contribution is 2.25. The summed E-state index contributed by atoms with van der Waals surface area (Å²) in [5, 5.41) is 10.5. The molecule has 2 N–H and O–H groups in total. The van der Waals surface area contributed by atoms with Gasteiger partial charge in [0.2, 0.25) is 0 Å². The van der Waals surface area contributed by atoms with Gasteiger partial charge < -0.3 is 4.74 Å². The lowest BCUT2D eigenvalue weighted by Gasteiger charge is -2.08. The Labute approximate surface area is 75.3 Å². The molecule has 0 saturated carbocycles. The van der Waals surface area contributed by atoms with Gasteiger partial charge in [0.1, 0.15) is 6.23 Å². The quantitative estimate of drug-likeness (QED) is 0.434. The van der Waals surface area contributed by atoms with Crippen LogP contribution in [0.3, 0.4) is 0 Å². The minimum absolute atomic E-state index is 0.0696. The van der Waals surface area contributed by atoms with Gasteiger partial charge in [-0.15, -0.1) is 0 Å². The SMILES string of the molecule is CC(N)Oc1ccccc1[N+](=O)[O-]. The molecule has 0 saturated heterocycles. The van der Waals surface area contributed by atoms with Gasteiger partial charge in [0.15, 0.2) is 5.75 Å². The van der Waals surface area contributed by atoms with Gasteiger partial charge in [0.05, 0.1) is 4.92 Å². The average molecular weight is 182 g/mol. The summed E-state index contributed by atoms with van der Waals surface area (Å²) < 4.78 is 5.04. The molecule has 1 aromatic carbocycles. The van der Waals surface area contributed by atoms with Crippen molar-refractivity contribution in [1.82, 2.24) is 0 Å². The standard InChI is InChI=1S/C8H10N2O3/c1-6(9)13-8-5-3-2-4-7(8)10(11)12/h2-6H,9H2,1H3. The van der Waals surface area contributed by atoms with Gasteiger partial charge in [-0.05, 0) is 13.0 Å². The first-order valence-corrected chi connectivity index (χ1v) is 3.77. The molecule has 0 aliphatic carbocycles. The second kappa shape index (κ2) is 3.86. The number of nitrogens with zero attached hydrogens (tertiary/aromatic N) is 1. The Bertz CT molecular complexity index is 312. The number of para-hydroxylation sites is 2. The summed E-state index contributed by atoms with van der Waals surface area (Å²) in [7, 11) is 0. The second-order valence-corrected chi connectivity index (χ2v) is 2.55. The molecule has 0 radical (unpaired) electrons. The molecule has 70 valence electrons. The van der Waals surface area contributed by atoms with E-state index < -0.39 is 11.2 Å². The Morgan fingerprint density at radius 1 is 1.54 bits per heavy atom. The Balaban J connectivity index is 2.98. The van der Waals surface area contributed by atoms with E-state index in [2.05, 4.69) is 0 Å². The molecule has 1 rings (SSSR count). The molecule has 13 heavy (non-hydrogen) atoms.